The lowest BCUT2D eigenvalue weighted by molar-refractivity contribution is 0.104. The molecule has 2 aromatic rings. The lowest BCUT2D eigenvalue weighted by atomic mass is 10.1. The van der Waals surface area contributed by atoms with E-state index in [-0.39, 0.29) is 11.4 Å². The molecule has 0 unspecified atom stereocenters. The summed E-state index contributed by atoms with van der Waals surface area (Å²) < 4.78 is 0. The van der Waals surface area contributed by atoms with Gasteiger partial charge in [0.2, 0.25) is 5.78 Å². The molecular formula is C15H9N3OS. The van der Waals surface area contributed by atoms with Crippen molar-refractivity contribution in [2.45, 2.75) is 0 Å². The lowest BCUT2D eigenvalue weighted by Crippen LogP contribution is -1.98. The van der Waals surface area contributed by atoms with E-state index in [9.17, 15) is 4.79 Å². The number of nitriles is 2. The van der Waals surface area contributed by atoms with Crippen molar-refractivity contribution in [3.8, 4) is 12.1 Å². The molecule has 0 saturated carbocycles. The first-order valence-corrected chi connectivity index (χ1v) is 6.57. The molecule has 20 heavy (non-hydrogen) atoms. The monoisotopic (exact) mass is 279 g/mol. The molecule has 0 saturated heterocycles. The summed E-state index contributed by atoms with van der Waals surface area (Å²) in [7, 11) is 0. The van der Waals surface area contributed by atoms with Gasteiger partial charge in [-0.3, -0.25) is 4.79 Å². The van der Waals surface area contributed by atoms with Gasteiger partial charge < -0.3 is 5.32 Å². The maximum absolute atomic E-state index is 12.1. The van der Waals surface area contributed by atoms with Crippen molar-refractivity contribution in [1.82, 2.24) is 0 Å². The van der Waals surface area contributed by atoms with Crippen molar-refractivity contribution >= 4 is 22.8 Å². The molecule has 4 nitrogen and oxygen atoms in total. The second kappa shape index (κ2) is 6.33. The van der Waals surface area contributed by atoms with Crippen molar-refractivity contribution in [1.29, 1.82) is 10.5 Å². The molecule has 1 N–H and O–H groups in total. The van der Waals surface area contributed by atoms with Gasteiger partial charge in [0.1, 0.15) is 17.7 Å². The Hall–Kier alpha value is -2.89. The molecule has 0 aliphatic rings. The second-order valence-electron chi connectivity index (χ2n) is 3.81. The molecule has 0 aliphatic carbocycles. The van der Waals surface area contributed by atoms with Gasteiger partial charge in [-0.25, -0.2) is 0 Å². The summed E-state index contributed by atoms with van der Waals surface area (Å²) in [5, 5.41) is 21.9. The topological polar surface area (TPSA) is 76.7 Å². The molecular weight excluding hydrogens is 270 g/mol. The van der Waals surface area contributed by atoms with Crippen LogP contribution in [-0.2, 0) is 0 Å². The molecule has 0 radical (unpaired) electrons. The normalized spacial score (nSPS) is 9.10. The van der Waals surface area contributed by atoms with Gasteiger partial charge in [0, 0.05) is 17.5 Å². The Morgan fingerprint density at radius 1 is 1.15 bits per heavy atom. The van der Waals surface area contributed by atoms with Gasteiger partial charge in [-0.15, -0.1) is 11.3 Å². The zero-order valence-corrected chi connectivity index (χ0v) is 11.1. The van der Waals surface area contributed by atoms with Crippen molar-refractivity contribution in [3.63, 3.8) is 0 Å². The lowest BCUT2D eigenvalue weighted by Gasteiger charge is -2.02. The molecule has 5 heteroatoms. The van der Waals surface area contributed by atoms with E-state index in [0.29, 0.717) is 16.1 Å². The SMILES string of the molecule is N#CC(C#N)=CNc1ccc(C(=O)c2cccs2)cc1. The summed E-state index contributed by atoms with van der Waals surface area (Å²) in [6.07, 6.45) is 1.33. The van der Waals surface area contributed by atoms with Gasteiger partial charge >= 0.3 is 0 Å². The Balaban J connectivity index is 2.12. The zero-order valence-electron chi connectivity index (χ0n) is 10.3. The fourth-order valence-electron chi connectivity index (χ4n) is 1.51. The highest BCUT2D eigenvalue weighted by atomic mass is 32.1. The summed E-state index contributed by atoms with van der Waals surface area (Å²) in [5.74, 6) is -0.0168. The van der Waals surface area contributed by atoms with E-state index in [1.165, 1.54) is 17.5 Å². The van der Waals surface area contributed by atoms with Gasteiger partial charge in [0.05, 0.1) is 4.88 Å². The molecule has 0 bridgehead atoms. The van der Waals surface area contributed by atoms with E-state index in [2.05, 4.69) is 5.32 Å². The zero-order chi connectivity index (χ0) is 14.4. The molecule has 0 amide bonds. The second-order valence-corrected chi connectivity index (χ2v) is 4.76. The third-order valence-corrected chi connectivity index (χ3v) is 3.38. The Morgan fingerprint density at radius 3 is 2.40 bits per heavy atom. The minimum absolute atomic E-state index is 0.0104. The number of nitrogens with zero attached hydrogens (tertiary/aromatic N) is 2. The van der Waals surface area contributed by atoms with Crippen molar-refractivity contribution < 1.29 is 4.79 Å². The number of rotatable bonds is 4. The number of thiophene rings is 1. The number of allylic oxidation sites excluding steroid dienone is 1. The average molecular weight is 279 g/mol. The van der Waals surface area contributed by atoms with Crippen LogP contribution in [0.3, 0.4) is 0 Å². The summed E-state index contributed by atoms with van der Waals surface area (Å²) >= 11 is 1.40. The molecule has 1 aromatic heterocycles. The molecule has 2 rings (SSSR count). The Morgan fingerprint density at radius 2 is 1.85 bits per heavy atom. The van der Waals surface area contributed by atoms with Crippen LogP contribution in [-0.4, -0.2) is 5.78 Å². The summed E-state index contributed by atoms with van der Waals surface area (Å²) in [4.78, 5) is 12.8. The summed E-state index contributed by atoms with van der Waals surface area (Å²) in [6.45, 7) is 0. The molecule has 1 aromatic carbocycles. The van der Waals surface area contributed by atoms with Crippen molar-refractivity contribution in [3.05, 3.63) is 64.0 Å². The highest BCUT2D eigenvalue weighted by Gasteiger charge is 2.09. The largest absolute Gasteiger partial charge is 0.360 e. The maximum Gasteiger partial charge on any atom is 0.202 e. The van der Waals surface area contributed by atoms with Crippen LogP contribution in [0.25, 0.3) is 0 Å². The summed E-state index contributed by atoms with van der Waals surface area (Å²) in [6, 6.07) is 14.0. The standard InChI is InChI=1S/C15H9N3OS/c16-8-11(9-17)10-18-13-5-3-12(4-6-13)15(19)14-2-1-7-20-14/h1-7,10,18H. The Bertz CT molecular complexity index is 700. The fourth-order valence-corrected chi connectivity index (χ4v) is 2.20. The van der Waals surface area contributed by atoms with Crippen LogP contribution in [0.5, 0.6) is 0 Å². The first kappa shape index (κ1) is 13.5. The smallest absolute Gasteiger partial charge is 0.202 e. The molecule has 0 atom stereocenters. The number of nitrogens with one attached hydrogen (secondary N) is 1. The van der Waals surface area contributed by atoms with E-state index in [1.807, 2.05) is 11.4 Å². The predicted octanol–water partition coefficient (Wildman–Crippen LogP) is 3.32. The Labute approximate surface area is 120 Å². The quantitative estimate of drug-likeness (QED) is 0.688. The van der Waals surface area contributed by atoms with Gasteiger partial charge in [-0.1, -0.05) is 6.07 Å². The van der Waals surface area contributed by atoms with Gasteiger partial charge in [0.15, 0.2) is 0 Å². The maximum atomic E-state index is 12.1. The van der Waals surface area contributed by atoms with E-state index in [1.54, 1.807) is 42.5 Å². The van der Waals surface area contributed by atoms with Crippen LogP contribution in [0.2, 0.25) is 0 Å². The van der Waals surface area contributed by atoms with E-state index >= 15 is 0 Å². The highest BCUT2D eigenvalue weighted by Crippen LogP contribution is 2.17. The van der Waals surface area contributed by atoms with Crippen LogP contribution in [0, 0.1) is 22.7 Å². The van der Waals surface area contributed by atoms with E-state index in [4.69, 9.17) is 10.5 Å². The third kappa shape index (κ3) is 3.11. The summed E-state index contributed by atoms with van der Waals surface area (Å²) in [5.41, 5.74) is 1.29. The molecule has 0 spiro atoms. The number of benzene rings is 1. The minimum atomic E-state index is -0.0168. The highest BCUT2D eigenvalue weighted by molar-refractivity contribution is 7.12. The van der Waals surface area contributed by atoms with Crippen LogP contribution in [0.4, 0.5) is 5.69 Å². The molecule has 0 aliphatic heterocycles. The van der Waals surface area contributed by atoms with Gasteiger partial charge in [-0.2, -0.15) is 10.5 Å². The van der Waals surface area contributed by atoms with Crippen LogP contribution >= 0.6 is 11.3 Å². The van der Waals surface area contributed by atoms with Crippen LogP contribution in [0.1, 0.15) is 15.2 Å². The minimum Gasteiger partial charge on any atom is -0.360 e. The van der Waals surface area contributed by atoms with Crippen molar-refractivity contribution in [2.24, 2.45) is 0 Å². The first-order valence-electron chi connectivity index (χ1n) is 5.70. The fraction of sp³-hybridized carbons (Fsp3) is 0. The third-order valence-electron chi connectivity index (χ3n) is 2.52. The Kier molecular flexibility index (Phi) is 4.28. The predicted molar refractivity (Wildman–Crippen MR) is 77.1 cm³/mol. The number of hydrogen-bond donors (Lipinski definition) is 1. The number of carbonyl (C=O) groups excluding carboxylic acids is 1. The number of hydrogen-bond acceptors (Lipinski definition) is 5. The average Bonchev–Trinajstić information content (AvgIpc) is 3.02. The van der Waals surface area contributed by atoms with E-state index < -0.39 is 0 Å². The number of ketones is 1. The van der Waals surface area contributed by atoms with Gasteiger partial charge in [-0.05, 0) is 35.7 Å². The van der Waals surface area contributed by atoms with Gasteiger partial charge in [0.25, 0.3) is 0 Å². The molecule has 1 heterocycles. The first-order chi connectivity index (χ1) is 9.74. The number of anilines is 1. The molecule has 0 fully saturated rings. The number of carbonyl (C=O) groups is 1. The molecule has 96 valence electrons. The van der Waals surface area contributed by atoms with Crippen LogP contribution < -0.4 is 5.32 Å². The van der Waals surface area contributed by atoms with Crippen molar-refractivity contribution in [2.75, 3.05) is 5.32 Å². The van der Waals surface area contributed by atoms with Crippen LogP contribution in [0.15, 0.2) is 53.6 Å². The van der Waals surface area contributed by atoms with E-state index in [0.717, 1.165) is 0 Å².